The van der Waals surface area contributed by atoms with Crippen LogP contribution in [0.25, 0.3) is 0 Å². The van der Waals surface area contributed by atoms with Gasteiger partial charge in [0, 0.05) is 18.2 Å². The molecule has 1 aromatic heterocycles. The van der Waals surface area contributed by atoms with Crippen molar-refractivity contribution in [2.45, 2.75) is 108 Å². The zero-order chi connectivity index (χ0) is 26.8. The summed E-state index contributed by atoms with van der Waals surface area (Å²) in [7, 11) is -4.72. The topological polar surface area (TPSA) is 93.6 Å². The molecule has 0 saturated carbocycles. The molecule has 2 N–H and O–H groups in total. The largest absolute Gasteiger partial charge is 0.410 e. The van der Waals surface area contributed by atoms with Crippen molar-refractivity contribution in [2.75, 3.05) is 0 Å². The molecule has 0 radical (unpaired) electrons. The van der Waals surface area contributed by atoms with Gasteiger partial charge >= 0.3 is 5.69 Å². The minimum absolute atomic E-state index is 0.0601. The number of aliphatic hydroxyl groups excluding tert-OH is 1. The van der Waals surface area contributed by atoms with Crippen LogP contribution >= 0.6 is 0 Å². The fourth-order valence-corrected chi connectivity index (χ4v) is 8.47. The molecular formula is C26H44N2O5Si2. The van der Waals surface area contributed by atoms with E-state index in [9.17, 15) is 14.7 Å². The molecule has 1 aliphatic carbocycles. The van der Waals surface area contributed by atoms with Gasteiger partial charge in [-0.05, 0) is 35.2 Å². The Morgan fingerprint density at radius 1 is 1.20 bits per heavy atom. The van der Waals surface area contributed by atoms with Crippen LogP contribution in [0.2, 0.25) is 36.3 Å². The van der Waals surface area contributed by atoms with E-state index in [1.807, 2.05) is 0 Å². The van der Waals surface area contributed by atoms with Crippen molar-refractivity contribution in [3.63, 3.8) is 0 Å². The maximum atomic E-state index is 12.9. The van der Waals surface area contributed by atoms with Gasteiger partial charge in [0.25, 0.3) is 5.56 Å². The highest BCUT2D eigenvalue weighted by molar-refractivity contribution is 6.81. The molecule has 0 amide bonds. The second kappa shape index (κ2) is 8.80. The highest BCUT2D eigenvalue weighted by atomic mass is 28.4. The van der Waals surface area contributed by atoms with Gasteiger partial charge in [-0.25, -0.2) is 4.79 Å². The molecule has 2 aliphatic rings. The molecule has 0 spiro atoms. The minimum atomic E-state index is -2.40. The Kier molecular flexibility index (Phi) is 7.05. The summed E-state index contributed by atoms with van der Waals surface area (Å²) in [5, 5.41) is 12.1. The first kappa shape index (κ1) is 28.1. The molecule has 1 fully saturated rings. The van der Waals surface area contributed by atoms with Crippen molar-refractivity contribution in [1.82, 2.24) is 9.55 Å². The Hall–Kier alpha value is -1.53. The van der Waals surface area contributed by atoms with Gasteiger partial charge in [-0.15, -0.1) is 0 Å². The van der Waals surface area contributed by atoms with Crippen molar-refractivity contribution in [3.8, 4) is 0 Å². The molecule has 5 atom stereocenters. The van der Waals surface area contributed by atoms with E-state index >= 15 is 0 Å². The minimum Gasteiger partial charge on any atom is -0.410 e. The lowest BCUT2D eigenvalue weighted by Gasteiger charge is -2.53. The predicted molar refractivity (Wildman–Crippen MR) is 146 cm³/mol. The number of hydrogen-bond donors (Lipinski definition) is 2. The lowest BCUT2D eigenvalue weighted by Crippen LogP contribution is -2.67. The third-order valence-corrected chi connectivity index (χ3v) is 19.3. The van der Waals surface area contributed by atoms with Crippen molar-refractivity contribution >= 4 is 16.4 Å². The Balaban J connectivity index is 2.28. The molecule has 2 bridgehead atoms. The highest BCUT2D eigenvalue weighted by Gasteiger charge is 2.67. The molecule has 9 heteroatoms. The monoisotopic (exact) mass is 520 g/mol. The van der Waals surface area contributed by atoms with Crippen molar-refractivity contribution < 1.29 is 14.3 Å². The van der Waals surface area contributed by atoms with Gasteiger partial charge in [-0.2, -0.15) is 0 Å². The number of aliphatic hydroxyl groups is 1. The summed E-state index contributed by atoms with van der Waals surface area (Å²) in [6.45, 7) is 25.9. The van der Waals surface area contributed by atoms with Gasteiger partial charge in [0.05, 0.1) is 19.9 Å². The SMILES string of the molecule is C=CC1=CC[C@H]2[C@H](n3ccc(=O)[nH]c3=O)O[C@]1(C(O)[Si](C)(C)C(C)(C)C)[C@H]2O[Si](C)(C)C(C)(C)C. The quantitative estimate of drug-likeness (QED) is 0.529. The molecule has 35 heavy (non-hydrogen) atoms. The lowest BCUT2D eigenvalue weighted by atomic mass is 9.77. The Labute approximate surface area is 211 Å². The Bertz CT molecular complexity index is 1120. The first-order valence-corrected chi connectivity index (χ1v) is 18.5. The normalized spacial score (nSPS) is 28.5. The number of ether oxygens (including phenoxy) is 1. The van der Waals surface area contributed by atoms with E-state index in [0.29, 0.717) is 6.42 Å². The van der Waals surface area contributed by atoms with Crippen LogP contribution in [-0.2, 0) is 9.16 Å². The summed E-state index contributed by atoms with van der Waals surface area (Å²) in [5.74, 6) is -0.212. The summed E-state index contributed by atoms with van der Waals surface area (Å²) < 4.78 is 15.4. The fourth-order valence-electron chi connectivity index (χ4n) is 4.84. The summed E-state index contributed by atoms with van der Waals surface area (Å²) in [6.07, 6.45) is 4.79. The number of allylic oxidation sites excluding steroid dienone is 1. The number of fused-ring (bicyclic) bond motifs is 2. The third-order valence-electron chi connectivity index (χ3n) is 9.15. The van der Waals surface area contributed by atoms with Gasteiger partial charge in [-0.1, -0.05) is 73.4 Å². The van der Waals surface area contributed by atoms with Crippen molar-refractivity contribution in [3.05, 3.63) is 57.4 Å². The number of aromatic nitrogens is 2. The van der Waals surface area contributed by atoms with Crippen LogP contribution in [0.5, 0.6) is 0 Å². The van der Waals surface area contributed by atoms with Crippen molar-refractivity contribution in [2.24, 2.45) is 5.92 Å². The smallest absolute Gasteiger partial charge is 0.330 e. The van der Waals surface area contributed by atoms with E-state index in [-0.39, 0.29) is 16.0 Å². The Morgan fingerprint density at radius 3 is 2.29 bits per heavy atom. The van der Waals surface area contributed by atoms with Crippen LogP contribution in [0.3, 0.4) is 0 Å². The van der Waals surface area contributed by atoms with Crippen LogP contribution in [0.15, 0.2) is 46.2 Å². The van der Waals surface area contributed by atoms with Crippen LogP contribution in [0, 0.1) is 5.92 Å². The van der Waals surface area contributed by atoms with E-state index in [0.717, 1.165) is 5.57 Å². The maximum Gasteiger partial charge on any atom is 0.330 e. The molecule has 1 unspecified atom stereocenters. The lowest BCUT2D eigenvalue weighted by molar-refractivity contribution is -0.117. The summed E-state index contributed by atoms with van der Waals surface area (Å²) in [5.41, 5.74) is -2.15. The summed E-state index contributed by atoms with van der Waals surface area (Å²) in [4.78, 5) is 27.0. The van der Waals surface area contributed by atoms with Crippen molar-refractivity contribution in [1.29, 1.82) is 0 Å². The number of nitrogens with zero attached hydrogens (tertiary/aromatic N) is 1. The van der Waals surface area contributed by atoms with E-state index in [4.69, 9.17) is 9.16 Å². The van der Waals surface area contributed by atoms with Gasteiger partial charge in [-0.3, -0.25) is 14.3 Å². The summed E-state index contributed by atoms with van der Waals surface area (Å²) >= 11 is 0. The van der Waals surface area contributed by atoms with E-state index < -0.39 is 51.3 Å². The van der Waals surface area contributed by atoms with Crippen LogP contribution in [0.4, 0.5) is 0 Å². The van der Waals surface area contributed by atoms with Crippen LogP contribution in [0.1, 0.15) is 54.2 Å². The van der Waals surface area contributed by atoms with E-state index in [2.05, 4.69) is 85.4 Å². The standard InChI is InChI=1S/C26H44N2O5Si2/c1-12-17-13-14-18-20(33-35(10,11)25(5,6)7)26(17,22(30)34(8,9)24(2,3)4)32-21(18)28-16-15-19(29)27-23(28)31/h12-13,15-16,18,20-22,30H,1,14H2,2-11H3,(H,27,29,31)/t18-,20+,21-,22?,26+/m1/s1. The number of nitrogens with one attached hydrogen (secondary N) is 1. The molecule has 196 valence electrons. The first-order chi connectivity index (χ1) is 15.8. The second-order valence-electron chi connectivity index (χ2n) is 13.3. The third kappa shape index (κ3) is 4.43. The number of H-pyrrole nitrogens is 1. The van der Waals surface area contributed by atoms with Gasteiger partial charge in [0.1, 0.15) is 11.8 Å². The molecule has 1 aliphatic heterocycles. The van der Waals surface area contributed by atoms with Gasteiger partial charge < -0.3 is 14.3 Å². The van der Waals surface area contributed by atoms with Crippen LogP contribution < -0.4 is 11.2 Å². The van der Waals surface area contributed by atoms with Gasteiger partial charge in [0.2, 0.25) is 0 Å². The second-order valence-corrected chi connectivity index (χ2v) is 23.5. The molecule has 1 aromatic rings. The molecule has 3 rings (SSSR count). The number of rotatable bonds is 6. The molecule has 1 saturated heterocycles. The molecule has 7 nitrogen and oxygen atoms in total. The van der Waals surface area contributed by atoms with E-state index in [1.165, 1.54) is 16.8 Å². The molecular weight excluding hydrogens is 476 g/mol. The average molecular weight is 521 g/mol. The molecule has 0 aromatic carbocycles. The zero-order valence-corrected chi connectivity index (χ0v) is 25.1. The number of hydrogen-bond acceptors (Lipinski definition) is 5. The fraction of sp³-hybridized carbons (Fsp3) is 0.692. The summed E-state index contributed by atoms with van der Waals surface area (Å²) in [6, 6.07) is 1.33. The molecule has 2 heterocycles. The average Bonchev–Trinajstić information content (AvgIpc) is 2.90. The highest BCUT2D eigenvalue weighted by Crippen LogP contribution is 2.58. The van der Waals surface area contributed by atoms with Gasteiger partial charge in [0.15, 0.2) is 8.32 Å². The van der Waals surface area contributed by atoms with Crippen LogP contribution in [-0.4, -0.2) is 48.5 Å². The number of aromatic amines is 1. The van der Waals surface area contributed by atoms with E-state index in [1.54, 1.807) is 6.08 Å². The first-order valence-electron chi connectivity index (χ1n) is 12.5. The Morgan fingerprint density at radius 2 is 1.80 bits per heavy atom. The predicted octanol–water partition coefficient (Wildman–Crippen LogP) is 4.74. The zero-order valence-electron chi connectivity index (χ0n) is 23.1. The maximum absolute atomic E-state index is 12.9.